The van der Waals surface area contributed by atoms with Crippen LogP contribution >= 0.6 is 23.4 Å². The summed E-state index contributed by atoms with van der Waals surface area (Å²) in [7, 11) is 3.09. The fraction of sp³-hybridized carbons (Fsp3) is 0.222. The largest absolute Gasteiger partial charge is 0.449 e. The minimum absolute atomic E-state index is 0.0163. The van der Waals surface area contributed by atoms with Crippen molar-refractivity contribution in [1.29, 1.82) is 0 Å². The molecule has 2 aromatic carbocycles. The Balaban J connectivity index is 2.34. The third-order valence-electron chi connectivity index (χ3n) is 3.51. The molecule has 0 aromatic heterocycles. The highest BCUT2D eigenvalue weighted by Crippen LogP contribution is 2.33. The van der Waals surface area contributed by atoms with E-state index in [0.717, 1.165) is 11.0 Å². The number of nitro groups is 1. The van der Waals surface area contributed by atoms with Gasteiger partial charge in [0.15, 0.2) is 6.10 Å². The molecule has 0 aliphatic heterocycles. The Kier molecular flexibility index (Phi) is 6.81. The Labute approximate surface area is 165 Å². The first-order valence-electron chi connectivity index (χ1n) is 7.83. The van der Waals surface area contributed by atoms with Gasteiger partial charge in [0.25, 0.3) is 11.6 Å². The second-order valence-electron chi connectivity index (χ2n) is 5.77. The normalized spacial score (nSPS) is 11.6. The van der Waals surface area contributed by atoms with E-state index in [9.17, 15) is 19.7 Å². The molecular weight excluding hydrogens is 392 g/mol. The first-order chi connectivity index (χ1) is 12.7. The fourth-order valence-electron chi connectivity index (χ4n) is 2.15. The maximum absolute atomic E-state index is 12.6. The van der Waals surface area contributed by atoms with Crippen LogP contribution in [-0.2, 0) is 9.53 Å². The van der Waals surface area contributed by atoms with Crippen LogP contribution in [0.1, 0.15) is 17.3 Å². The summed E-state index contributed by atoms with van der Waals surface area (Å²) >= 11 is 7.11. The summed E-state index contributed by atoms with van der Waals surface area (Å²) in [6, 6.07) is 10.9. The van der Waals surface area contributed by atoms with Gasteiger partial charge in [-0.1, -0.05) is 23.4 Å². The molecule has 9 heteroatoms. The Morgan fingerprint density at radius 1 is 1.19 bits per heavy atom. The van der Waals surface area contributed by atoms with E-state index in [4.69, 9.17) is 16.3 Å². The number of hydrogen-bond donors (Lipinski definition) is 0. The third-order valence-corrected chi connectivity index (χ3v) is 4.84. The van der Waals surface area contributed by atoms with Crippen molar-refractivity contribution in [2.75, 3.05) is 14.1 Å². The molecule has 1 atom stereocenters. The minimum atomic E-state index is -1.01. The average Bonchev–Trinajstić information content (AvgIpc) is 2.62. The van der Waals surface area contributed by atoms with Crippen LogP contribution in [0.15, 0.2) is 52.3 Å². The van der Waals surface area contributed by atoms with Gasteiger partial charge in [-0.05, 0) is 37.3 Å². The number of amides is 1. The summed E-state index contributed by atoms with van der Waals surface area (Å²) in [5, 5.41) is 11.6. The molecular formula is C18H17ClN2O5S. The summed E-state index contributed by atoms with van der Waals surface area (Å²) in [6.07, 6.45) is -1.01. The Morgan fingerprint density at radius 3 is 2.37 bits per heavy atom. The molecule has 0 saturated heterocycles. The van der Waals surface area contributed by atoms with E-state index in [1.54, 1.807) is 38.4 Å². The van der Waals surface area contributed by atoms with Crippen LogP contribution in [0.3, 0.4) is 0 Å². The van der Waals surface area contributed by atoms with Crippen molar-refractivity contribution in [2.45, 2.75) is 22.8 Å². The van der Waals surface area contributed by atoms with Crippen LogP contribution in [-0.4, -0.2) is 41.9 Å². The molecule has 0 fully saturated rings. The van der Waals surface area contributed by atoms with E-state index < -0.39 is 17.0 Å². The molecule has 142 valence electrons. The molecule has 7 nitrogen and oxygen atoms in total. The molecule has 0 spiro atoms. The molecule has 0 bridgehead atoms. The van der Waals surface area contributed by atoms with Crippen LogP contribution in [0.4, 0.5) is 5.69 Å². The Morgan fingerprint density at radius 2 is 1.81 bits per heavy atom. The van der Waals surface area contributed by atoms with Crippen molar-refractivity contribution in [2.24, 2.45) is 0 Å². The van der Waals surface area contributed by atoms with Crippen molar-refractivity contribution < 1.29 is 19.2 Å². The lowest BCUT2D eigenvalue weighted by Gasteiger charge is -2.18. The van der Waals surface area contributed by atoms with E-state index in [2.05, 4.69) is 0 Å². The lowest BCUT2D eigenvalue weighted by molar-refractivity contribution is -0.384. The van der Waals surface area contributed by atoms with E-state index in [0.29, 0.717) is 9.92 Å². The van der Waals surface area contributed by atoms with Gasteiger partial charge in [0.05, 0.1) is 10.5 Å². The summed E-state index contributed by atoms with van der Waals surface area (Å²) in [5.74, 6) is -1.20. The number of likely N-dealkylation sites (N-methyl/N-ethyl adjacent to an activating group) is 1. The highest BCUT2D eigenvalue weighted by Gasteiger charge is 2.24. The summed E-state index contributed by atoms with van der Waals surface area (Å²) in [6.45, 7) is 1.45. The van der Waals surface area contributed by atoms with Crippen molar-refractivity contribution in [3.63, 3.8) is 0 Å². The number of rotatable bonds is 6. The SMILES string of the molecule is C[C@H](OC(=O)c1cc([N+](=O)[O-])ccc1Sc1ccc(Cl)cc1)C(=O)N(C)C. The van der Waals surface area contributed by atoms with Gasteiger partial charge >= 0.3 is 5.97 Å². The van der Waals surface area contributed by atoms with E-state index in [-0.39, 0.29) is 17.2 Å². The average molecular weight is 409 g/mol. The highest BCUT2D eigenvalue weighted by atomic mass is 35.5. The minimum Gasteiger partial charge on any atom is -0.449 e. The predicted molar refractivity (Wildman–Crippen MR) is 102 cm³/mol. The third kappa shape index (κ3) is 5.45. The zero-order chi connectivity index (χ0) is 20.1. The molecule has 2 aromatic rings. The van der Waals surface area contributed by atoms with Crippen LogP contribution in [0, 0.1) is 10.1 Å². The number of carbonyl (C=O) groups excluding carboxylic acids is 2. The molecule has 0 radical (unpaired) electrons. The summed E-state index contributed by atoms with van der Waals surface area (Å²) in [5.41, 5.74) is -0.225. The van der Waals surface area contributed by atoms with Gasteiger partial charge in [-0.15, -0.1) is 0 Å². The highest BCUT2D eigenvalue weighted by molar-refractivity contribution is 7.99. The quantitative estimate of drug-likeness (QED) is 0.407. The van der Waals surface area contributed by atoms with Crippen LogP contribution in [0.2, 0.25) is 5.02 Å². The first kappa shape index (κ1) is 20.7. The molecule has 0 saturated carbocycles. The van der Waals surface area contributed by atoms with E-state index in [1.165, 1.54) is 35.7 Å². The zero-order valence-electron chi connectivity index (χ0n) is 14.8. The number of nitrogens with zero attached hydrogens (tertiary/aromatic N) is 2. The molecule has 0 N–H and O–H groups in total. The molecule has 1 amide bonds. The second-order valence-corrected chi connectivity index (χ2v) is 7.33. The summed E-state index contributed by atoms with van der Waals surface area (Å²) in [4.78, 5) is 37.5. The van der Waals surface area contributed by atoms with Gasteiger partial charge in [0, 0.05) is 41.0 Å². The number of esters is 1. The number of non-ortho nitro benzene ring substituents is 1. The van der Waals surface area contributed by atoms with E-state index >= 15 is 0 Å². The maximum Gasteiger partial charge on any atom is 0.340 e. The molecule has 2 rings (SSSR count). The number of nitro benzene ring substituents is 1. The number of ether oxygens (including phenoxy) is 1. The molecule has 0 unspecified atom stereocenters. The van der Waals surface area contributed by atoms with Gasteiger partial charge in [0.1, 0.15) is 0 Å². The fourth-order valence-corrected chi connectivity index (χ4v) is 3.19. The molecule has 27 heavy (non-hydrogen) atoms. The van der Waals surface area contributed by atoms with Gasteiger partial charge in [0.2, 0.25) is 0 Å². The van der Waals surface area contributed by atoms with Crippen molar-refractivity contribution in [3.8, 4) is 0 Å². The molecule has 0 aliphatic rings. The topological polar surface area (TPSA) is 89.7 Å². The van der Waals surface area contributed by atoms with E-state index in [1.807, 2.05) is 0 Å². The summed E-state index contributed by atoms with van der Waals surface area (Å²) < 4.78 is 5.20. The monoisotopic (exact) mass is 408 g/mol. The Bertz CT molecular complexity index is 871. The van der Waals surface area contributed by atoms with Gasteiger partial charge < -0.3 is 9.64 Å². The zero-order valence-corrected chi connectivity index (χ0v) is 16.4. The lowest BCUT2D eigenvalue weighted by Crippen LogP contribution is -2.35. The van der Waals surface area contributed by atoms with Crippen LogP contribution in [0.25, 0.3) is 0 Å². The molecule has 0 aliphatic carbocycles. The Hall–Kier alpha value is -2.58. The standard InChI is InChI=1S/C18H17ClN2O5S/c1-11(17(22)20(2)3)26-18(23)15-10-13(21(24)25)6-9-16(15)27-14-7-4-12(19)5-8-14/h4-11H,1-3H3/t11-/m0/s1. The number of hydrogen-bond acceptors (Lipinski definition) is 6. The van der Waals surface area contributed by atoms with Crippen molar-refractivity contribution in [3.05, 3.63) is 63.2 Å². The van der Waals surface area contributed by atoms with Crippen molar-refractivity contribution in [1.82, 2.24) is 4.90 Å². The molecule has 0 heterocycles. The van der Waals surface area contributed by atoms with Gasteiger partial charge in [-0.25, -0.2) is 4.79 Å². The number of benzene rings is 2. The first-order valence-corrected chi connectivity index (χ1v) is 9.02. The maximum atomic E-state index is 12.6. The lowest BCUT2D eigenvalue weighted by atomic mass is 10.2. The van der Waals surface area contributed by atoms with Crippen LogP contribution in [0.5, 0.6) is 0 Å². The number of halogens is 1. The predicted octanol–water partition coefficient (Wildman–Crippen LogP) is 4.03. The van der Waals surface area contributed by atoms with Gasteiger partial charge in [-0.3, -0.25) is 14.9 Å². The van der Waals surface area contributed by atoms with Crippen molar-refractivity contribution >= 4 is 40.9 Å². The smallest absolute Gasteiger partial charge is 0.340 e. The number of carbonyl (C=O) groups is 2. The van der Waals surface area contributed by atoms with Crippen LogP contribution < -0.4 is 0 Å². The second kappa shape index (κ2) is 8.88. The van der Waals surface area contributed by atoms with Gasteiger partial charge in [-0.2, -0.15) is 0 Å².